The summed E-state index contributed by atoms with van der Waals surface area (Å²) in [4.78, 5) is 25.0. The van der Waals surface area contributed by atoms with Gasteiger partial charge in [0.2, 0.25) is 0 Å². The number of fused-ring (bicyclic) bond motifs is 5. The number of unbranched alkanes of at least 4 members (excludes halogenated alkanes) is 4. The fourth-order valence-electron chi connectivity index (χ4n) is 9.42. The van der Waals surface area contributed by atoms with Gasteiger partial charge < -0.3 is 28.7 Å². The zero-order chi connectivity index (χ0) is 41.7. The van der Waals surface area contributed by atoms with E-state index in [9.17, 15) is 13.6 Å². The Balaban J connectivity index is 0.724. The Morgan fingerprint density at radius 3 is 1.77 bits per heavy atom. The zero-order valence-electron chi connectivity index (χ0n) is 35.1. The lowest BCUT2D eigenvalue weighted by molar-refractivity contribution is 0.0774. The van der Waals surface area contributed by atoms with Gasteiger partial charge in [0.05, 0.1) is 31.0 Å². The van der Waals surface area contributed by atoms with Crippen LogP contribution in [-0.4, -0.2) is 97.0 Å². The fraction of sp³-hybridized carbons (Fsp3) is 0.373. The predicted molar refractivity (Wildman–Crippen MR) is 242 cm³/mol. The number of ether oxygens (including phenoxy) is 2. The van der Waals surface area contributed by atoms with E-state index in [1.807, 2.05) is 41.4 Å². The quantitative estimate of drug-likeness (QED) is 0.0910. The largest absolute Gasteiger partial charge is 0.493 e. The molecule has 0 aliphatic carbocycles. The number of carbonyl (C=O) groups is 1. The molecule has 3 aliphatic rings. The number of hydrogen-bond donors (Lipinski definition) is 0. The topological polar surface area (TPSA) is 62.5 Å². The van der Waals surface area contributed by atoms with E-state index in [0.29, 0.717) is 29.4 Å². The van der Waals surface area contributed by atoms with Crippen molar-refractivity contribution in [3.63, 3.8) is 0 Å². The van der Waals surface area contributed by atoms with Gasteiger partial charge in [0.1, 0.15) is 11.6 Å². The molecule has 9 rings (SSSR count). The Kier molecular flexibility index (Phi) is 12.4. The monoisotopic (exact) mass is 823 g/mol. The number of aryl methyl sites for hydroxylation is 1. The highest BCUT2D eigenvalue weighted by atomic mass is 19.1. The van der Waals surface area contributed by atoms with Crippen LogP contribution in [0.5, 0.6) is 11.5 Å². The molecule has 0 saturated carbocycles. The summed E-state index contributed by atoms with van der Waals surface area (Å²) in [5.74, 6) is 0.769. The van der Waals surface area contributed by atoms with Gasteiger partial charge in [0.25, 0.3) is 5.91 Å². The molecule has 0 N–H and O–H groups in total. The molecule has 61 heavy (non-hydrogen) atoms. The molecule has 5 aromatic carbocycles. The van der Waals surface area contributed by atoms with Crippen LogP contribution in [0.25, 0.3) is 44.1 Å². The number of halogens is 2. The molecule has 4 heterocycles. The fourth-order valence-corrected chi connectivity index (χ4v) is 9.42. The first-order valence-electron chi connectivity index (χ1n) is 22.1. The van der Waals surface area contributed by atoms with Crippen molar-refractivity contribution in [3.8, 4) is 33.8 Å². The van der Waals surface area contributed by atoms with E-state index in [2.05, 4.69) is 55.8 Å². The molecule has 0 bridgehead atoms. The van der Waals surface area contributed by atoms with E-state index in [1.54, 1.807) is 13.2 Å². The second-order valence-corrected chi connectivity index (χ2v) is 16.8. The maximum Gasteiger partial charge on any atom is 0.256 e. The van der Waals surface area contributed by atoms with E-state index in [-0.39, 0.29) is 23.6 Å². The van der Waals surface area contributed by atoms with Gasteiger partial charge in [-0.25, -0.2) is 8.78 Å². The number of carbonyl (C=O) groups excluding carboxylic acids is 1. The SMILES string of the molecule is COc1cc2c(cc1OCCCCCN1CCN(CCCCCn3c4ccc(-c5ccc(F)cc5)cc4c4cc(-c5ccc(F)cc5)ccc43)CC1)N=C[C@@H]1CCCN1C2=O. The summed E-state index contributed by atoms with van der Waals surface area (Å²) in [6.07, 6.45) is 10.5. The number of amides is 1. The van der Waals surface area contributed by atoms with Crippen molar-refractivity contribution >= 4 is 39.6 Å². The Bertz CT molecular complexity index is 2410. The molecule has 316 valence electrons. The molecule has 8 nitrogen and oxygen atoms in total. The van der Waals surface area contributed by atoms with Crippen molar-refractivity contribution in [2.24, 2.45) is 4.99 Å². The summed E-state index contributed by atoms with van der Waals surface area (Å²) in [5.41, 5.74) is 7.71. The van der Waals surface area contributed by atoms with Gasteiger partial charge >= 0.3 is 0 Å². The Morgan fingerprint density at radius 2 is 1.18 bits per heavy atom. The van der Waals surface area contributed by atoms with Crippen LogP contribution in [0.15, 0.2) is 102 Å². The van der Waals surface area contributed by atoms with Crippen molar-refractivity contribution in [1.29, 1.82) is 0 Å². The second kappa shape index (κ2) is 18.6. The molecule has 10 heteroatoms. The molecule has 0 spiro atoms. The van der Waals surface area contributed by atoms with Crippen LogP contribution < -0.4 is 9.47 Å². The number of nitrogens with zero attached hydrogens (tertiary/aromatic N) is 5. The lowest BCUT2D eigenvalue weighted by Gasteiger charge is -2.34. The summed E-state index contributed by atoms with van der Waals surface area (Å²) in [6.45, 7) is 9.00. The Morgan fingerprint density at radius 1 is 0.623 bits per heavy atom. The average Bonchev–Trinajstić information content (AvgIpc) is 3.86. The minimum Gasteiger partial charge on any atom is -0.493 e. The number of piperazine rings is 1. The Labute approximate surface area is 357 Å². The number of methoxy groups -OCH3 is 1. The summed E-state index contributed by atoms with van der Waals surface area (Å²) < 4.78 is 41.7. The molecule has 0 radical (unpaired) electrons. The third kappa shape index (κ3) is 9.07. The second-order valence-electron chi connectivity index (χ2n) is 16.8. The third-order valence-corrected chi connectivity index (χ3v) is 12.9. The lowest BCUT2D eigenvalue weighted by Crippen LogP contribution is -2.46. The summed E-state index contributed by atoms with van der Waals surface area (Å²) in [6, 6.07) is 30.2. The van der Waals surface area contributed by atoms with E-state index in [0.717, 1.165) is 120 Å². The average molecular weight is 824 g/mol. The molecular formula is C51H55F2N5O3. The number of aliphatic imine (C=N–C) groups is 1. The number of aromatic nitrogens is 1. The van der Waals surface area contributed by atoms with Gasteiger partial charge in [0.15, 0.2) is 11.5 Å². The minimum absolute atomic E-state index is 0.0225. The first kappa shape index (κ1) is 40.8. The van der Waals surface area contributed by atoms with Crippen molar-refractivity contribution < 1.29 is 23.0 Å². The maximum absolute atomic E-state index is 13.7. The van der Waals surface area contributed by atoms with Crippen LogP contribution in [0.3, 0.4) is 0 Å². The highest BCUT2D eigenvalue weighted by molar-refractivity contribution is 6.10. The maximum atomic E-state index is 13.7. The van der Waals surface area contributed by atoms with Gasteiger partial charge in [-0.3, -0.25) is 9.79 Å². The van der Waals surface area contributed by atoms with Crippen molar-refractivity contribution in [2.75, 3.05) is 59.5 Å². The van der Waals surface area contributed by atoms with Gasteiger partial charge in [-0.1, -0.05) is 42.8 Å². The van der Waals surface area contributed by atoms with Gasteiger partial charge in [-0.2, -0.15) is 0 Å². The van der Waals surface area contributed by atoms with Crippen LogP contribution >= 0.6 is 0 Å². The lowest BCUT2D eigenvalue weighted by atomic mass is 10.0. The predicted octanol–water partition coefficient (Wildman–Crippen LogP) is 10.8. The first-order chi connectivity index (χ1) is 29.9. The third-order valence-electron chi connectivity index (χ3n) is 12.9. The van der Waals surface area contributed by atoms with Crippen LogP contribution in [0.2, 0.25) is 0 Å². The van der Waals surface area contributed by atoms with Crippen molar-refractivity contribution in [3.05, 3.63) is 114 Å². The molecular weight excluding hydrogens is 769 g/mol. The molecule has 0 unspecified atom stereocenters. The summed E-state index contributed by atoms with van der Waals surface area (Å²) in [7, 11) is 1.62. The van der Waals surface area contributed by atoms with Crippen LogP contribution in [-0.2, 0) is 6.54 Å². The van der Waals surface area contributed by atoms with E-state index in [4.69, 9.17) is 9.47 Å². The first-order valence-corrected chi connectivity index (χ1v) is 22.1. The summed E-state index contributed by atoms with van der Waals surface area (Å²) >= 11 is 0. The highest BCUT2D eigenvalue weighted by Gasteiger charge is 2.32. The van der Waals surface area contributed by atoms with Gasteiger partial charge in [-0.05, 0) is 135 Å². The number of rotatable bonds is 16. The van der Waals surface area contributed by atoms with Crippen LogP contribution in [0.4, 0.5) is 14.5 Å². The van der Waals surface area contributed by atoms with Crippen LogP contribution in [0.1, 0.15) is 61.7 Å². The molecule has 3 aliphatic heterocycles. The molecule has 1 amide bonds. The number of benzene rings is 5. The normalized spacial score (nSPS) is 16.9. The molecule has 1 atom stereocenters. The smallest absolute Gasteiger partial charge is 0.256 e. The zero-order valence-corrected chi connectivity index (χ0v) is 35.1. The van der Waals surface area contributed by atoms with E-state index in [1.165, 1.54) is 52.5 Å². The Hall–Kier alpha value is -5.58. The molecule has 2 fully saturated rings. The standard InChI is InChI=1S/C51H55F2N5O3/c1-60-49-33-45-46(54-35-42-9-8-25-57(42)51(45)59)34-50(49)61-30-7-3-5-23-56-28-26-55(27-29-56)22-4-2-6-24-58-47-20-14-38(36-10-16-40(52)17-11-36)31-43(47)44-32-39(15-21-48(44)58)37-12-18-41(53)19-13-37/h10-21,31-35,42H,2-9,22-30H2,1H3/t42-/m0/s1. The molecule has 1 aromatic heterocycles. The number of hydrogen-bond acceptors (Lipinski definition) is 6. The van der Waals surface area contributed by atoms with Crippen molar-refractivity contribution in [2.45, 2.75) is 64.0 Å². The molecule has 2 saturated heterocycles. The minimum atomic E-state index is -0.240. The molecule has 6 aromatic rings. The van der Waals surface area contributed by atoms with E-state index >= 15 is 0 Å². The van der Waals surface area contributed by atoms with E-state index < -0.39 is 0 Å². The summed E-state index contributed by atoms with van der Waals surface area (Å²) in [5, 5.41) is 2.34. The van der Waals surface area contributed by atoms with Crippen molar-refractivity contribution in [1.82, 2.24) is 19.3 Å². The van der Waals surface area contributed by atoms with Gasteiger partial charge in [0, 0.05) is 73.4 Å². The van der Waals surface area contributed by atoms with Gasteiger partial charge in [-0.15, -0.1) is 0 Å². The highest BCUT2D eigenvalue weighted by Crippen LogP contribution is 2.39. The van der Waals surface area contributed by atoms with Crippen LogP contribution in [0, 0.1) is 11.6 Å².